The summed E-state index contributed by atoms with van der Waals surface area (Å²) in [5.41, 5.74) is 0.202. The minimum Gasteiger partial charge on any atom is -0.379 e. The van der Waals surface area contributed by atoms with Crippen LogP contribution in [-0.4, -0.2) is 53.5 Å². The van der Waals surface area contributed by atoms with Gasteiger partial charge in [-0.3, -0.25) is 4.79 Å². The van der Waals surface area contributed by atoms with E-state index in [4.69, 9.17) is 16.3 Å². The van der Waals surface area contributed by atoms with Gasteiger partial charge in [0.25, 0.3) is 0 Å². The van der Waals surface area contributed by atoms with Gasteiger partial charge in [0, 0.05) is 19.3 Å². The molecule has 0 saturated carbocycles. The minimum absolute atomic E-state index is 0.0208. The number of halogens is 1. The summed E-state index contributed by atoms with van der Waals surface area (Å²) in [5.74, 6) is 0.537. The molecule has 0 aliphatic carbocycles. The highest BCUT2D eigenvalue weighted by Gasteiger charge is 2.32. The lowest BCUT2D eigenvalue weighted by Crippen LogP contribution is -2.47. The van der Waals surface area contributed by atoms with E-state index in [1.807, 2.05) is 43.6 Å². The van der Waals surface area contributed by atoms with Crippen LogP contribution in [0.1, 0.15) is 19.7 Å². The number of pyridine rings is 1. The van der Waals surface area contributed by atoms with Gasteiger partial charge in [-0.1, -0.05) is 11.6 Å². The quantitative estimate of drug-likeness (QED) is 0.918. The van der Waals surface area contributed by atoms with Gasteiger partial charge in [-0.15, -0.1) is 0 Å². The van der Waals surface area contributed by atoms with Gasteiger partial charge in [0.05, 0.1) is 41.4 Å². The van der Waals surface area contributed by atoms with Gasteiger partial charge in [0.15, 0.2) is 0 Å². The van der Waals surface area contributed by atoms with E-state index in [2.05, 4.69) is 15.2 Å². The van der Waals surface area contributed by atoms with Crippen LogP contribution < -0.4 is 5.32 Å². The van der Waals surface area contributed by atoms with E-state index in [0.29, 0.717) is 24.8 Å². The average molecular weight is 351 g/mol. The fourth-order valence-electron chi connectivity index (χ4n) is 3.04. The summed E-state index contributed by atoms with van der Waals surface area (Å²) in [5, 5.41) is 3.75. The Morgan fingerprint density at radius 2 is 2.29 bits per heavy atom. The van der Waals surface area contributed by atoms with Gasteiger partial charge < -0.3 is 19.4 Å². The van der Waals surface area contributed by atoms with Crippen LogP contribution in [0.15, 0.2) is 24.5 Å². The van der Waals surface area contributed by atoms with Crippen molar-refractivity contribution < 1.29 is 9.53 Å². The molecule has 1 aliphatic rings. The zero-order chi connectivity index (χ0) is 17.3. The van der Waals surface area contributed by atoms with E-state index in [1.165, 1.54) is 0 Å². The maximum Gasteiger partial charge on any atom is 0.227 e. The van der Waals surface area contributed by atoms with E-state index < -0.39 is 5.54 Å². The van der Waals surface area contributed by atoms with E-state index in [-0.39, 0.29) is 11.8 Å². The SMILES string of the molecule is CN1CCOCC(C(=O)NC(C)(C)c2ncc3c(Cl)cccn23)C1. The fourth-order valence-corrected chi connectivity index (χ4v) is 3.25. The molecular formula is C17H23ClN4O2. The third kappa shape index (κ3) is 3.41. The molecule has 1 aliphatic heterocycles. The molecule has 1 amide bonds. The zero-order valence-electron chi connectivity index (χ0n) is 14.3. The molecule has 130 valence electrons. The van der Waals surface area contributed by atoms with Crippen molar-refractivity contribution in [2.75, 3.05) is 33.4 Å². The molecule has 3 rings (SSSR count). The molecule has 7 heteroatoms. The Labute approximate surface area is 146 Å². The van der Waals surface area contributed by atoms with Gasteiger partial charge in [0.1, 0.15) is 5.82 Å². The molecule has 6 nitrogen and oxygen atoms in total. The minimum atomic E-state index is -0.626. The van der Waals surface area contributed by atoms with Crippen LogP contribution in [0.4, 0.5) is 0 Å². The smallest absolute Gasteiger partial charge is 0.227 e. The molecule has 1 N–H and O–H groups in total. The predicted molar refractivity (Wildman–Crippen MR) is 93.2 cm³/mol. The van der Waals surface area contributed by atoms with Crippen molar-refractivity contribution in [3.8, 4) is 0 Å². The Hall–Kier alpha value is -1.63. The first-order valence-electron chi connectivity index (χ1n) is 8.09. The van der Waals surface area contributed by atoms with Crippen molar-refractivity contribution in [1.82, 2.24) is 19.6 Å². The Balaban J connectivity index is 1.82. The van der Waals surface area contributed by atoms with Gasteiger partial charge in [-0.25, -0.2) is 4.98 Å². The number of ether oxygens (including phenoxy) is 1. The highest BCUT2D eigenvalue weighted by atomic mass is 35.5. The molecule has 0 spiro atoms. The van der Waals surface area contributed by atoms with Crippen LogP contribution in [0.3, 0.4) is 0 Å². The Morgan fingerprint density at radius 1 is 1.50 bits per heavy atom. The maximum absolute atomic E-state index is 12.7. The van der Waals surface area contributed by atoms with Crippen LogP contribution >= 0.6 is 11.6 Å². The number of carbonyl (C=O) groups is 1. The topological polar surface area (TPSA) is 58.9 Å². The lowest BCUT2D eigenvalue weighted by molar-refractivity contribution is -0.128. The predicted octanol–water partition coefficient (Wildman–Crippen LogP) is 1.92. The van der Waals surface area contributed by atoms with Gasteiger partial charge >= 0.3 is 0 Å². The number of carbonyl (C=O) groups excluding carboxylic acids is 1. The molecule has 1 fully saturated rings. The van der Waals surface area contributed by atoms with E-state index in [9.17, 15) is 4.79 Å². The van der Waals surface area contributed by atoms with Crippen molar-refractivity contribution in [1.29, 1.82) is 0 Å². The molecule has 3 heterocycles. The number of hydrogen-bond acceptors (Lipinski definition) is 4. The highest BCUT2D eigenvalue weighted by molar-refractivity contribution is 6.33. The highest BCUT2D eigenvalue weighted by Crippen LogP contribution is 2.25. The summed E-state index contributed by atoms with van der Waals surface area (Å²) in [7, 11) is 2.00. The number of amides is 1. The van der Waals surface area contributed by atoms with Crippen molar-refractivity contribution in [2.45, 2.75) is 19.4 Å². The van der Waals surface area contributed by atoms with Crippen molar-refractivity contribution in [3.05, 3.63) is 35.4 Å². The molecule has 1 unspecified atom stereocenters. The van der Waals surface area contributed by atoms with Crippen LogP contribution in [0, 0.1) is 5.92 Å². The first-order chi connectivity index (χ1) is 11.4. The number of rotatable bonds is 3. The molecule has 1 saturated heterocycles. The molecule has 0 aromatic carbocycles. The number of hydrogen-bond donors (Lipinski definition) is 1. The third-order valence-corrected chi connectivity index (χ3v) is 4.67. The molecule has 24 heavy (non-hydrogen) atoms. The monoisotopic (exact) mass is 350 g/mol. The van der Waals surface area contributed by atoms with Gasteiger partial charge in [-0.2, -0.15) is 0 Å². The van der Waals surface area contributed by atoms with Gasteiger partial charge in [0.2, 0.25) is 5.91 Å². The second kappa shape index (κ2) is 6.70. The van der Waals surface area contributed by atoms with Crippen LogP contribution in [0.2, 0.25) is 5.02 Å². The zero-order valence-corrected chi connectivity index (χ0v) is 15.0. The van der Waals surface area contributed by atoms with Crippen molar-refractivity contribution >= 4 is 23.0 Å². The van der Waals surface area contributed by atoms with Crippen LogP contribution in [0.5, 0.6) is 0 Å². The lowest BCUT2D eigenvalue weighted by atomic mass is 10.0. The number of imidazole rings is 1. The Morgan fingerprint density at radius 3 is 3.08 bits per heavy atom. The maximum atomic E-state index is 12.7. The number of nitrogens with one attached hydrogen (secondary N) is 1. The first-order valence-corrected chi connectivity index (χ1v) is 8.46. The lowest BCUT2D eigenvalue weighted by Gasteiger charge is -2.28. The molecule has 2 aromatic rings. The van der Waals surface area contributed by atoms with Crippen LogP contribution in [-0.2, 0) is 15.1 Å². The number of nitrogens with zero attached hydrogens (tertiary/aromatic N) is 3. The standard InChI is InChI=1S/C17H23ClN4O2/c1-17(2,16-19-9-14-13(18)5-4-6-22(14)16)20-15(23)12-10-21(3)7-8-24-11-12/h4-6,9,12H,7-8,10-11H2,1-3H3,(H,20,23). The molecular weight excluding hydrogens is 328 g/mol. The Bertz CT molecular complexity index is 743. The summed E-state index contributed by atoms with van der Waals surface area (Å²) in [6, 6.07) is 3.69. The summed E-state index contributed by atoms with van der Waals surface area (Å²) in [6.07, 6.45) is 3.63. The summed E-state index contributed by atoms with van der Waals surface area (Å²) >= 11 is 6.21. The van der Waals surface area contributed by atoms with Crippen molar-refractivity contribution in [3.63, 3.8) is 0 Å². The van der Waals surface area contributed by atoms with Crippen molar-refractivity contribution in [2.24, 2.45) is 5.92 Å². The summed E-state index contributed by atoms with van der Waals surface area (Å²) in [6.45, 7) is 6.53. The molecule has 1 atom stereocenters. The third-order valence-electron chi connectivity index (χ3n) is 4.35. The second-order valence-electron chi connectivity index (χ2n) is 6.84. The summed E-state index contributed by atoms with van der Waals surface area (Å²) < 4.78 is 7.46. The molecule has 2 aromatic heterocycles. The molecule has 0 radical (unpaired) electrons. The number of aromatic nitrogens is 2. The normalized spacial score (nSPS) is 20.1. The fraction of sp³-hybridized carbons (Fsp3) is 0.529. The first kappa shape index (κ1) is 17.2. The largest absolute Gasteiger partial charge is 0.379 e. The Kier molecular flexibility index (Phi) is 4.80. The summed E-state index contributed by atoms with van der Waals surface area (Å²) in [4.78, 5) is 19.3. The number of likely N-dealkylation sites (N-methyl/N-ethyl adjacent to an activating group) is 1. The number of fused-ring (bicyclic) bond motifs is 1. The average Bonchev–Trinajstić information content (AvgIpc) is 2.85. The molecule has 0 bridgehead atoms. The van der Waals surface area contributed by atoms with Gasteiger partial charge in [-0.05, 0) is 33.0 Å². The second-order valence-corrected chi connectivity index (χ2v) is 7.25. The van der Waals surface area contributed by atoms with E-state index in [1.54, 1.807) is 6.20 Å². The van der Waals surface area contributed by atoms with Crippen LogP contribution in [0.25, 0.3) is 5.52 Å². The van der Waals surface area contributed by atoms with E-state index >= 15 is 0 Å². The van der Waals surface area contributed by atoms with E-state index in [0.717, 1.165) is 17.9 Å².